The number of fused-ring (bicyclic) bond motifs is 1. The largest absolute Gasteiger partial charge is 0.508 e. The van der Waals surface area contributed by atoms with E-state index >= 15 is 0 Å². The van der Waals surface area contributed by atoms with Crippen molar-refractivity contribution >= 4 is 10.8 Å². The van der Waals surface area contributed by atoms with Crippen molar-refractivity contribution in [3.63, 3.8) is 0 Å². The highest BCUT2D eigenvalue weighted by atomic mass is 16.3. The minimum Gasteiger partial charge on any atom is -0.508 e. The van der Waals surface area contributed by atoms with Gasteiger partial charge in [0.05, 0.1) is 0 Å². The lowest BCUT2D eigenvalue weighted by atomic mass is 10.1. The van der Waals surface area contributed by atoms with Crippen molar-refractivity contribution < 1.29 is 10.2 Å². The average Bonchev–Trinajstić information content (AvgIpc) is 2.34. The van der Waals surface area contributed by atoms with Crippen molar-refractivity contribution in [3.8, 4) is 11.5 Å². The number of rotatable bonds is 0. The molecule has 2 aromatic carbocycles. The van der Waals surface area contributed by atoms with Gasteiger partial charge in [0.15, 0.2) is 0 Å². The number of hydrogen-bond acceptors (Lipinski definition) is 2. The number of benzene rings is 2. The van der Waals surface area contributed by atoms with Gasteiger partial charge in [-0.25, -0.2) is 0 Å². The zero-order chi connectivity index (χ0) is 12.6. The summed E-state index contributed by atoms with van der Waals surface area (Å²) in [6.07, 6.45) is 0. The maximum absolute atomic E-state index is 9.38. The quantitative estimate of drug-likeness (QED) is 0.694. The molecule has 0 amide bonds. The molecule has 0 saturated heterocycles. The van der Waals surface area contributed by atoms with Gasteiger partial charge >= 0.3 is 0 Å². The van der Waals surface area contributed by atoms with Crippen LogP contribution in [0.25, 0.3) is 10.8 Å². The Bertz CT molecular complexity index is 422. The molecule has 0 saturated carbocycles. The summed E-state index contributed by atoms with van der Waals surface area (Å²) in [5, 5.41) is 20.1. The lowest BCUT2D eigenvalue weighted by molar-refractivity contribution is 0.475. The van der Waals surface area contributed by atoms with E-state index in [0.717, 1.165) is 10.8 Å². The van der Waals surface area contributed by atoms with Crippen LogP contribution in [-0.2, 0) is 0 Å². The van der Waals surface area contributed by atoms with Crippen LogP contribution in [0.3, 0.4) is 0 Å². The van der Waals surface area contributed by atoms with E-state index in [1.807, 2.05) is 33.8 Å². The van der Waals surface area contributed by atoms with E-state index in [2.05, 4.69) is 0 Å². The first-order valence-corrected chi connectivity index (χ1v) is 5.68. The fourth-order valence-corrected chi connectivity index (χ4v) is 1.25. The molecule has 2 nitrogen and oxygen atoms in total. The molecule has 0 fully saturated rings. The second-order valence-corrected chi connectivity index (χ2v) is 2.68. The van der Waals surface area contributed by atoms with Gasteiger partial charge in [-0.05, 0) is 29.7 Å². The zero-order valence-electron chi connectivity index (χ0n) is 10.4. The topological polar surface area (TPSA) is 40.5 Å². The molecule has 88 valence electrons. The van der Waals surface area contributed by atoms with Gasteiger partial charge < -0.3 is 10.2 Å². The molecule has 0 spiro atoms. The predicted molar refractivity (Wildman–Crippen MR) is 70.0 cm³/mol. The Labute approximate surface area is 97.2 Å². The molecule has 0 aliphatic rings. The molecule has 16 heavy (non-hydrogen) atoms. The second-order valence-electron chi connectivity index (χ2n) is 2.68. The monoisotopic (exact) mass is 220 g/mol. The SMILES string of the molecule is CC.CC.Oc1ccc2c(O)cccc2c1. The standard InChI is InChI=1S/C10H8O2.2C2H6/c11-8-4-5-9-7(6-8)2-1-3-10(9)12;2*1-2/h1-6,11-12H;2*1-2H3. The van der Waals surface area contributed by atoms with Crippen LogP contribution in [0.2, 0.25) is 0 Å². The molecule has 0 aliphatic heterocycles. The third-order valence-electron chi connectivity index (χ3n) is 1.84. The van der Waals surface area contributed by atoms with Gasteiger partial charge in [0.2, 0.25) is 0 Å². The first-order chi connectivity index (χ1) is 7.77. The molecular formula is C14H20O2. The number of hydrogen-bond donors (Lipinski definition) is 2. The summed E-state index contributed by atoms with van der Waals surface area (Å²) in [7, 11) is 0. The van der Waals surface area contributed by atoms with Crippen LogP contribution in [-0.4, -0.2) is 10.2 Å². The molecular weight excluding hydrogens is 200 g/mol. The zero-order valence-corrected chi connectivity index (χ0v) is 10.4. The first-order valence-electron chi connectivity index (χ1n) is 5.68. The van der Waals surface area contributed by atoms with Crippen LogP contribution in [0, 0.1) is 0 Å². The number of phenolic OH excluding ortho intramolecular Hbond substituents is 2. The first kappa shape index (κ1) is 14.3. The number of phenols is 2. The van der Waals surface area contributed by atoms with E-state index in [9.17, 15) is 5.11 Å². The maximum Gasteiger partial charge on any atom is 0.123 e. The summed E-state index contributed by atoms with van der Waals surface area (Å²) in [6, 6.07) is 10.1. The Morgan fingerprint density at radius 3 is 2.06 bits per heavy atom. The maximum atomic E-state index is 9.38. The molecule has 0 unspecified atom stereocenters. The van der Waals surface area contributed by atoms with E-state index < -0.39 is 0 Å². The van der Waals surface area contributed by atoms with E-state index in [4.69, 9.17) is 5.11 Å². The van der Waals surface area contributed by atoms with E-state index in [1.165, 1.54) is 0 Å². The van der Waals surface area contributed by atoms with Crippen LogP contribution in [0.15, 0.2) is 36.4 Å². The van der Waals surface area contributed by atoms with E-state index in [1.54, 1.807) is 30.3 Å². The van der Waals surface area contributed by atoms with Crippen LogP contribution in [0.1, 0.15) is 27.7 Å². The van der Waals surface area contributed by atoms with Crippen molar-refractivity contribution in [2.24, 2.45) is 0 Å². The summed E-state index contributed by atoms with van der Waals surface area (Å²) >= 11 is 0. The van der Waals surface area contributed by atoms with Gasteiger partial charge in [-0.3, -0.25) is 0 Å². The minimum atomic E-state index is 0.216. The molecule has 0 bridgehead atoms. The molecule has 2 N–H and O–H groups in total. The Morgan fingerprint density at radius 2 is 1.44 bits per heavy atom. The third kappa shape index (κ3) is 3.46. The van der Waals surface area contributed by atoms with E-state index in [-0.39, 0.29) is 11.5 Å². The third-order valence-corrected chi connectivity index (χ3v) is 1.84. The van der Waals surface area contributed by atoms with Gasteiger partial charge in [0.1, 0.15) is 11.5 Å². The van der Waals surface area contributed by atoms with Crippen molar-refractivity contribution in [2.75, 3.05) is 0 Å². The van der Waals surface area contributed by atoms with Gasteiger partial charge in [-0.2, -0.15) is 0 Å². The van der Waals surface area contributed by atoms with Crippen molar-refractivity contribution in [1.29, 1.82) is 0 Å². The summed E-state index contributed by atoms with van der Waals surface area (Å²) in [4.78, 5) is 0. The highest BCUT2D eigenvalue weighted by Crippen LogP contribution is 2.26. The van der Waals surface area contributed by atoms with Crippen molar-refractivity contribution in [1.82, 2.24) is 0 Å². The Kier molecular flexibility index (Phi) is 6.77. The Hall–Kier alpha value is -1.70. The Morgan fingerprint density at radius 1 is 0.812 bits per heavy atom. The normalized spacial score (nSPS) is 8.50. The van der Waals surface area contributed by atoms with Crippen molar-refractivity contribution in [2.45, 2.75) is 27.7 Å². The molecule has 0 atom stereocenters. The summed E-state index contributed by atoms with van der Waals surface area (Å²) < 4.78 is 0. The smallest absolute Gasteiger partial charge is 0.123 e. The second kappa shape index (κ2) is 7.57. The van der Waals surface area contributed by atoms with Gasteiger partial charge in [0, 0.05) is 5.39 Å². The highest BCUT2D eigenvalue weighted by Gasteiger charge is 1.98. The Balaban J connectivity index is 0.000000509. The minimum absolute atomic E-state index is 0.216. The molecule has 0 heterocycles. The summed E-state index contributed by atoms with van der Waals surface area (Å²) in [5.41, 5.74) is 0. The van der Waals surface area contributed by atoms with Crippen LogP contribution in [0.4, 0.5) is 0 Å². The molecule has 2 aromatic rings. The lowest BCUT2D eigenvalue weighted by Crippen LogP contribution is -1.72. The fourth-order valence-electron chi connectivity index (χ4n) is 1.25. The van der Waals surface area contributed by atoms with E-state index in [0.29, 0.717) is 0 Å². The molecule has 2 heteroatoms. The summed E-state index contributed by atoms with van der Waals surface area (Å²) in [5.74, 6) is 0.459. The van der Waals surface area contributed by atoms with Gasteiger partial charge in [-0.1, -0.05) is 39.8 Å². The van der Waals surface area contributed by atoms with Crippen LogP contribution in [0.5, 0.6) is 11.5 Å². The molecule has 2 rings (SSSR count). The lowest BCUT2D eigenvalue weighted by Gasteiger charge is -1.99. The average molecular weight is 220 g/mol. The highest BCUT2D eigenvalue weighted by molar-refractivity contribution is 5.88. The summed E-state index contributed by atoms with van der Waals surface area (Å²) in [6.45, 7) is 8.00. The predicted octanol–water partition coefficient (Wildman–Crippen LogP) is 4.30. The molecule has 0 radical (unpaired) electrons. The van der Waals surface area contributed by atoms with Crippen LogP contribution < -0.4 is 0 Å². The van der Waals surface area contributed by atoms with Crippen molar-refractivity contribution in [3.05, 3.63) is 36.4 Å². The molecule has 0 aliphatic carbocycles. The number of aromatic hydroxyl groups is 2. The molecule has 0 aromatic heterocycles. The fraction of sp³-hybridized carbons (Fsp3) is 0.286. The van der Waals surface area contributed by atoms with Gasteiger partial charge in [0.25, 0.3) is 0 Å². The van der Waals surface area contributed by atoms with Crippen LogP contribution >= 0.6 is 0 Å². The van der Waals surface area contributed by atoms with Gasteiger partial charge in [-0.15, -0.1) is 0 Å².